The van der Waals surface area contributed by atoms with Gasteiger partial charge < -0.3 is 15.0 Å². The Hall–Kier alpha value is -3.39. The molecule has 3 rings (SSSR count). The number of nitro benzene ring substituents is 1. The number of aromatic nitrogens is 1. The van der Waals surface area contributed by atoms with Crippen LogP contribution < -0.4 is 5.32 Å². The number of halogens is 1. The molecule has 3 aromatic rings. The number of non-ortho nitro benzene ring substituents is 1. The van der Waals surface area contributed by atoms with Gasteiger partial charge in [-0.05, 0) is 24.6 Å². The third-order valence-electron chi connectivity index (χ3n) is 4.38. The van der Waals surface area contributed by atoms with Crippen molar-refractivity contribution < 1.29 is 19.2 Å². The van der Waals surface area contributed by atoms with Crippen LogP contribution in [0.4, 0.5) is 5.69 Å². The highest BCUT2D eigenvalue weighted by molar-refractivity contribution is 6.34. The minimum absolute atomic E-state index is 0.0329. The van der Waals surface area contributed by atoms with Gasteiger partial charge in [-0.1, -0.05) is 29.8 Å². The molecule has 0 aliphatic rings. The maximum absolute atomic E-state index is 12.7. The fourth-order valence-corrected chi connectivity index (χ4v) is 3.25. The van der Waals surface area contributed by atoms with Crippen LogP contribution in [0.3, 0.4) is 0 Å². The normalized spacial score (nSPS) is 11.8. The standard InChI is InChI=1S/C20H18ClN3O5/c1-2-29-20(26)18(9-12-11-22-17-6-4-3-5-14(12)17)23-19(25)15-8-7-13(24(27)28)10-16(15)21/h3-8,10-11,18,22H,2,9H2,1H3,(H,23,25)/t18-/m1/s1. The molecule has 1 heterocycles. The molecule has 0 fully saturated rings. The van der Waals surface area contributed by atoms with Crippen LogP contribution in [0.15, 0.2) is 48.7 Å². The second kappa shape index (κ2) is 8.74. The second-order valence-electron chi connectivity index (χ2n) is 6.26. The van der Waals surface area contributed by atoms with Gasteiger partial charge in [-0.3, -0.25) is 14.9 Å². The van der Waals surface area contributed by atoms with Crippen molar-refractivity contribution in [2.24, 2.45) is 0 Å². The van der Waals surface area contributed by atoms with Crippen molar-refractivity contribution in [2.75, 3.05) is 6.61 Å². The lowest BCUT2D eigenvalue weighted by Crippen LogP contribution is -2.43. The topological polar surface area (TPSA) is 114 Å². The number of nitrogens with zero attached hydrogens (tertiary/aromatic N) is 1. The number of para-hydroxylation sites is 1. The number of aromatic amines is 1. The molecule has 2 N–H and O–H groups in total. The summed E-state index contributed by atoms with van der Waals surface area (Å²) in [5.41, 5.74) is 1.56. The Bertz CT molecular complexity index is 1080. The summed E-state index contributed by atoms with van der Waals surface area (Å²) in [7, 11) is 0. The number of hydrogen-bond donors (Lipinski definition) is 2. The maximum Gasteiger partial charge on any atom is 0.328 e. The number of nitro groups is 1. The number of rotatable bonds is 7. The van der Waals surface area contributed by atoms with Gasteiger partial charge in [-0.2, -0.15) is 0 Å². The smallest absolute Gasteiger partial charge is 0.328 e. The van der Waals surface area contributed by atoms with Crippen LogP contribution in [-0.2, 0) is 16.0 Å². The lowest BCUT2D eigenvalue weighted by atomic mass is 10.0. The van der Waals surface area contributed by atoms with Crippen molar-refractivity contribution in [3.63, 3.8) is 0 Å². The number of fused-ring (bicyclic) bond motifs is 1. The fourth-order valence-electron chi connectivity index (χ4n) is 2.99. The number of esters is 1. The molecule has 0 unspecified atom stereocenters. The zero-order chi connectivity index (χ0) is 21.0. The monoisotopic (exact) mass is 415 g/mol. The average Bonchev–Trinajstić information content (AvgIpc) is 3.10. The average molecular weight is 416 g/mol. The van der Waals surface area contributed by atoms with Crippen molar-refractivity contribution in [3.05, 3.63) is 74.9 Å². The predicted octanol–water partition coefficient (Wildman–Crippen LogP) is 3.63. The molecule has 9 heteroatoms. The van der Waals surface area contributed by atoms with Crippen LogP contribution >= 0.6 is 11.6 Å². The summed E-state index contributed by atoms with van der Waals surface area (Å²) in [6.07, 6.45) is 1.99. The highest BCUT2D eigenvalue weighted by atomic mass is 35.5. The molecule has 1 amide bonds. The lowest BCUT2D eigenvalue weighted by Gasteiger charge is -2.17. The van der Waals surface area contributed by atoms with Crippen LogP contribution in [0, 0.1) is 10.1 Å². The van der Waals surface area contributed by atoms with Gasteiger partial charge in [-0.15, -0.1) is 0 Å². The van der Waals surface area contributed by atoms with E-state index >= 15 is 0 Å². The summed E-state index contributed by atoms with van der Waals surface area (Å²) < 4.78 is 5.10. The van der Waals surface area contributed by atoms with Gasteiger partial charge in [0.05, 0.1) is 22.1 Å². The van der Waals surface area contributed by atoms with Crippen LogP contribution in [0.25, 0.3) is 10.9 Å². The Labute approximate surface area is 171 Å². The molecule has 0 spiro atoms. The molecule has 0 bridgehead atoms. The first kappa shape index (κ1) is 20.3. The molecule has 0 aliphatic heterocycles. The number of nitrogens with one attached hydrogen (secondary N) is 2. The largest absolute Gasteiger partial charge is 0.464 e. The molecule has 2 aromatic carbocycles. The Morgan fingerprint density at radius 2 is 2.03 bits per heavy atom. The molecule has 29 heavy (non-hydrogen) atoms. The number of ether oxygens (including phenoxy) is 1. The minimum Gasteiger partial charge on any atom is -0.464 e. The highest BCUT2D eigenvalue weighted by Gasteiger charge is 2.25. The second-order valence-corrected chi connectivity index (χ2v) is 6.67. The molecule has 150 valence electrons. The number of carbonyl (C=O) groups excluding carboxylic acids is 2. The predicted molar refractivity (Wildman–Crippen MR) is 108 cm³/mol. The van der Waals surface area contributed by atoms with Crippen molar-refractivity contribution >= 4 is 40.1 Å². The lowest BCUT2D eigenvalue weighted by molar-refractivity contribution is -0.384. The third kappa shape index (κ3) is 4.55. The van der Waals surface area contributed by atoms with Crippen LogP contribution in [-0.4, -0.2) is 34.4 Å². The van der Waals surface area contributed by atoms with Crippen molar-refractivity contribution in [3.8, 4) is 0 Å². The van der Waals surface area contributed by atoms with Crippen LogP contribution in [0.5, 0.6) is 0 Å². The third-order valence-corrected chi connectivity index (χ3v) is 4.70. The quantitative estimate of drug-likeness (QED) is 0.347. The first-order chi connectivity index (χ1) is 13.9. The van der Waals surface area contributed by atoms with E-state index in [0.717, 1.165) is 22.5 Å². The van der Waals surface area contributed by atoms with E-state index < -0.39 is 22.8 Å². The van der Waals surface area contributed by atoms with E-state index in [1.54, 1.807) is 13.1 Å². The number of benzene rings is 2. The first-order valence-corrected chi connectivity index (χ1v) is 9.25. The van der Waals surface area contributed by atoms with Gasteiger partial charge in [0.2, 0.25) is 0 Å². The number of amides is 1. The van der Waals surface area contributed by atoms with Gasteiger partial charge in [0.25, 0.3) is 11.6 Å². The Morgan fingerprint density at radius 1 is 1.28 bits per heavy atom. The van der Waals surface area contributed by atoms with Crippen molar-refractivity contribution in [2.45, 2.75) is 19.4 Å². The summed E-state index contributed by atoms with van der Waals surface area (Å²) in [5.74, 6) is -1.20. The molecule has 8 nitrogen and oxygen atoms in total. The van der Waals surface area contributed by atoms with E-state index in [0.29, 0.717) is 0 Å². The zero-order valence-electron chi connectivity index (χ0n) is 15.5. The maximum atomic E-state index is 12.7. The summed E-state index contributed by atoms with van der Waals surface area (Å²) in [6.45, 7) is 1.84. The molecule has 0 radical (unpaired) electrons. The summed E-state index contributed by atoms with van der Waals surface area (Å²) in [5, 5.41) is 14.3. The van der Waals surface area contributed by atoms with Gasteiger partial charge in [-0.25, -0.2) is 4.79 Å². The Morgan fingerprint density at radius 3 is 2.72 bits per heavy atom. The molecular weight excluding hydrogens is 398 g/mol. The first-order valence-electron chi connectivity index (χ1n) is 8.87. The Kier molecular flexibility index (Phi) is 6.13. The van der Waals surface area contributed by atoms with Gasteiger partial charge >= 0.3 is 5.97 Å². The SMILES string of the molecule is CCOC(=O)[C@@H](Cc1c[nH]c2ccccc12)NC(=O)c1ccc([N+](=O)[O-])cc1Cl. The number of H-pyrrole nitrogens is 1. The highest BCUT2D eigenvalue weighted by Crippen LogP contribution is 2.23. The van der Waals surface area contributed by atoms with E-state index in [1.807, 2.05) is 24.3 Å². The molecule has 0 aliphatic carbocycles. The molecule has 0 saturated carbocycles. The van der Waals surface area contributed by atoms with Crippen LogP contribution in [0.2, 0.25) is 5.02 Å². The zero-order valence-corrected chi connectivity index (χ0v) is 16.2. The van der Waals surface area contributed by atoms with E-state index in [9.17, 15) is 19.7 Å². The fraction of sp³-hybridized carbons (Fsp3) is 0.200. The van der Waals surface area contributed by atoms with Crippen LogP contribution in [0.1, 0.15) is 22.8 Å². The van der Waals surface area contributed by atoms with E-state index in [2.05, 4.69) is 10.3 Å². The van der Waals surface area contributed by atoms with E-state index in [1.165, 1.54) is 12.1 Å². The van der Waals surface area contributed by atoms with Crippen molar-refractivity contribution in [1.82, 2.24) is 10.3 Å². The summed E-state index contributed by atoms with van der Waals surface area (Å²) in [4.78, 5) is 38.5. The van der Waals surface area contributed by atoms with Gasteiger partial charge in [0.1, 0.15) is 6.04 Å². The Balaban J connectivity index is 1.85. The summed E-state index contributed by atoms with van der Waals surface area (Å²) >= 11 is 6.03. The number of hydrogen-bond acceptors (Lipinski definition) is 5. The molecular formula is C20H18ClN3O5. The van der Waals surface area contributed by atoms with Gasteiger partial charge in [0.15, 0.2) is 0 Å². The van der Waals surface area contributed by atoms with E-state index in [4.69, 9.17) is 16.3 Å². The van der Waals surface area contributed by atoms with Gasteiger partial charge in [0, 0.05) is 35.7 Å². The summed E-state index contributed by atoms with van der Waals surface area (Å²) in [6, 6.07) is 10.2. The van der Waals surface area contributed by atoms with Crippen molar-refractivity contribution in [1.29, 1.82) is 0 Å². The van der Waals surface area contributed by atoms with E-state index in [-0.39, 0.29) is 29.3 Å². The number of carbonyl (C=O) groups is 2. The minimum atomic E-state index is -0.951. The molecule has 1 aromatic heterocycles. The molecule has 1 atom stereocenters. The molecule has 0 saturated heterocycles.